The zero-order valence-corrected chi connectivity index (χ0v) is 13.2. The molecule has 0 spiro atoms. The van der Waals surface area contributed by atoms with Crippen LogP contribution in [0.1, 0.15) is 56.1 Å². The molecule has 1 amide bonds. The molecule has 22 heavy (non-hydrogen) atoms. The van der Waals surface area contributed by atoms with Gasteiger partial charge in [0.2, 0.25) is 5.91 Å². The molecule has 1 saturated carbocycles. The summed E-state index contributed by atoms with van der Waals surface area (Å²) in [4.78, 5) is 14.5. The van der Waals surface area contributed by atoms with Gasteiger partial charge < -0.3 is 19.2 Å². The highest BCUT2D eigenvalue weighted by atomic mass is 16.5. The fraction of sp³-hybridized carbons (Fsp3) is 0.706. The highest BCUT2D eigenvalue weighted by Crippen LogP contribution is 2.33. The maximum Gasteiger partial charge on any atom is 0.226 e. The molecule has 5 nitrogen and oxygen atoms in total. The molecule has 1 aromatic rings. The number of amides is 1. The highest BCUT2D eigenvalue weighted by molar-refractivity contribution is 5.78. The second-order valence-corrected chi connectivity index (χ2v) is 6.59. The number of aliphatic hydroxyl groups is 1. The first kappa shape index (κ1) is 15.6. The fourth-order valence-electron chi connectivity index (χ4n) is 3.54. The predicted molar refractivity (Wildman–Crippen MR) is 81.4 cm³/mol. The van der Waals surface area contributed by atoms with E-state index in [4.69, 9.17) is 9.15 Å². The first-order valence-electron chi connectivity index (χ1n) is 8.23. The lowest BCUT2D eigenvalue weighted by Gasteiger charge is -2.38. The highest BCUT2D eigenvalue weighted by Gasteiger charge is 2.37. The van der Waals surface area contributed by atoms with Crippen LogP contribution in [0.15, 0.2) is 16.5 Å². The number of ether oxygens (including phenoxy) is 1. The van der Waals surface area contributed by atoms with Crippen LogP contribution in [0.3, 0.4) is 0 Å². The van der Waals surface area contributed by atoms with E-state index in [1.54, 1.807) is 0 Å². The van der Waals surface area contributed by atoms with Gasteiger partial charge in [0.1, 0.15) is 17.6 Å². The molecule has 0 aromatic carbocycles. The number of hydrogen-bond donors (Lipinski definition) is 1. The number of carbonyl (C=O) groups excluding carboxylic acids is 1. The molecule has 122 valence electrons. The Balaban J connectivity index is 1.71. The molecule has 1 atom stereocenters. The van der Waals surface area contributed by atoms with Crippen LogP contribution in [0.5, 0.6) is 0 Å². The van der Waals surface area contributed by atoms with E-state index >= 15 is 0 Å². The van der Waals surface area contributed by atoms with Gasteiger partial charge in [0.15, 0.2) is 0 Å². The average molecular weight is 307 g/mol. The van der Waals surface area contributed by atoms with Crippen molar-refractivity contribution >= 4 is 5.91 Å². The number of furan rings is 1. The maximum absolute atomic E-state index is 12.7. The van der Waals surface area contributed by atoms with Crippen molar-refractivity contribution in [2.45, 2.75) is 57.1 Å². The van der Waals surface area contributed by atoms with Gasteiger partial charge in [-0.2, -0.15) is 0 Å². The van der Waals surface area contributed by atoms with E-state index in [-0.39, 0.29) is 18.4 Å². The van der Waals surface area contributed by atoms with Gasteiger partial charge in [0.25, 0.3) is 0 Å². The van der Waals surface area contributed by atoms with Crippen LogP contribution in [-0.4, -0.2) is 41.3 Å². The summed E-state index contributed by atoms with van der Waals surface area (Å²) >= 11 is 0. The van der Waals surface area contributed by atoms with Gasteiger partial charge in [-0.15, -0.1) is 0 Å². The second-order valence-electron chi connectivity index (χ2n) is 6.59. The Hall–Kier alpha value is -1.33. The Kier molecular flexibility index (Phi) is 4.54. The van der Waals surface area contributed by atoms with E-state index in [2.05, 4.69) is 0 Å². The van der Waals surface area contributed by atoms with Gasteiger partial charge in [0, 0.05) is 6.54 Å². The summed E-state index contributed by atoms with van der Waals surface area (Å²) in [5.74, 6) is 1.60. The molecule has 5 heteroatoms. The minimum absolute atomic E-state index is 0.00625. The Morgan fingerprint density at radius 2 is 2.14 bits per heavy atom. The molecule has 1 aliphatic carbocycles. The summed E-state index contributed by atoms with van der Waals surface area (Å²) in [5, 5.41) is 10.6. The molecule has 2 heterocycles. The van der Waals surface area contributed by atoms with Crippen molar-refractivity contribution in [3.05, 3.63) is 23.7 Å². The van der Waals surface area contributed by atoms with Crippen LogP contribution < -0.4 is 0 Å². The van der Waals surface area contributed by atoms with Crippen molar-refractivity contribution in [2.24, 2.45) is 0 Å². The van der Waals surface area contributed by atoms with Crippen LogP contribution >= 0.6 is 0 Å². The zero-order valence-electron chi connectivity index (χ0n) is 13.2. The monoisotopic (exact) mass is 307 g/mol. The van der Waals surface area contributed by atoms with Gasteiger partial charge in [-0.3, -0.25) is 4.79 Å². The molecular weight excluding hydrogens is 282 g/mol. The van der Waals surface area contributed by atoms with Crippen molar-refractivity contribution in [3.8, 4) is 0 Å². The Morgan fingerprint density at radius 3 is 2.82 bits per heavy atom. The van der Waals surface area contributed by atoms with E-state index in [1.807, 2.05) is 24.0 Å². The summed E-state index contributed by atoms with van der Waals surface area (Å²) in [6, 6.07) is 3.63. The third-order valence-corrected chi connectivity index (χ3v) is 4.80. The van der Waals surface area contributed by atoms with E-state index in [0.29, 0.717) is 19.8 Å². The molecule has 3 rings (SSSR count). The van der Waals surface area contributed by atoms with Crippen LogP contribution in [0.4, 0.5) is 0 Å². The predicted octanol–water partition coefficient (Wildman–Crippen LogP) is 2.57. The lowest BCUT2D eigenvalue weighted by atomic mass is 9.82. The van der Waals surface area contributed by atoms with Gasteiger partial charge in [-0.05, 0) is 31.9 Å². The van der Waals surface area contributed by atoms with Crippen LogP contribution in [0.25, 0.3) is 0 Å². The fourth-order valence-corrected chi connectivity index (χ4v) is 3.54. The second kappa shape index (κ2) is 6.42. The minimum Gasteiger partial charge on any atom is -0.464 e. The van der Waals surface area contributed by atoms with Crippen molar-refractivity contribution in [3.63, 3.8) is 0 Å². The van der Waals surface area contributed by atoms with E-state index in [9.17, 15) is 9.90 Å². The number of nitrogens with zero attached hydrogens (tertiary/aromatic N) is 1. The summed E-state index contributed by atoms with van der Waals surface area (Å²) in [5.41, 5.74) is -0.822. The van der Waals surface area contributed by atoms with Crippen LogP contribution in [0, 0.1) is 6.92 Å². The number of carbonyl (C=O) groups is 1. The lowest BCUT2D eigenvalue weighted by Crippen LogP contribution is -2.46. The minimum atomic E-state index is -0.822. The topological polar surface area (TPSA) is 62.9 Å². The van der Waals surface area contributed by atoms with Crippen LogP contribution in [-0.2, 0) is 9.53 Å². The SMILES string of the molecule is Cc1ccc(C2COCCN2C(=O)CC2(O)CCCCC2)o1. The van der Waals surface area contributed by atoms with Crippen molar-refractivity contribution < 1.29 is 19.1 Å². The molecule has 2 aliphatic rings. The van der Waals surface area contributed by atoms with Gasteiger partial charge in [0.05, 0.1) is 25.2 Å². The molecule has 1 saturated heterocycles. The first-order chi connectivity index (χ1) is 10.6. The van der Waals surface area contributed by atoms with Gasteiger partial charge in [-0.25, -0.2) is 0 Å². The van der Waals surface area contributed by atoms with Crippen molar-refractivity contribution in [1.82, 2.24) is 4.90 Å². The third kappa shape index (κ3) is 3.36. The molecule has 0 bridgehead atoms. The molecule has 1 aliphatic heterocycles. The summed E-state index contributed by atoms with van der Waals surface area (Å²) in [7, 11) is 0. The largest absolute Gasteiger partial charge is 0.464 e. The summed E-state index contributed by atoms with van der Waals surface area (Å²) in [6.07, 6.45) is 4.84. The normalized spacial score (nSPS) is 25.2. The molecule has 1 aromatic heterocycles. The third-order valence-electron chi connectivity index (χ3n) is 4.80. The van der Waals surface area contributed by atoms with Gasteiger partial charge in [-0.1, -0.05) is 19.3 Å². The average Bonchev–Trinajstić information content (AvgIpc) is 2.94. The van der Waals surface area contributed by atoms with E-state index < -0.39 is 5.60 Å². The van der Waals surface area contributed by atoms with Gasteiger partial charge >= 0.3 is 0 Å². The van der Waals surface area contributed by atoms with Crippen molar-refractivity contribution in [2.75, 3.05) is 19.8 Å². The molecule has 2 fully saturated rings. The molecular formula is C17H25NO4. The smallest absolute Gasteiger partial charge is 0.226 e. The summed E-state index contributed by atoms with van der Waals surface area (Å²) < 4.78 is 11.2. The molecule has 1 unspecified atom stereocenters. The molecule has 1 N–H and O–H groups in total. The first-order valence-corrected chi connectivity index (χ1v) is 8.23. The van der Waals surface area contributed by atoms with Crippen molar-refractivity contribution in [1.29, 1.82) is 0 Å². The number of hydrogen-bond acceptors (Lipinski definition) is 4. The lowest BCUT2D eigenvalue weighted by molar-refractivity contribution is -0.147. The van der Waals surface area contributed by atoms with Crippen LogP contribution in [0.2, 0.25) is 0 Å². The maximum atomic E-state index is 12.7. The Morgan fingerprint density at radius 1 is 1.36 bits per heavy atom. The summed E-state index contributed by atoms with van der Waals surface area (Å²) in [6.45, 7) is 3.45. The Labute approximate surface area is 131 Å². The van der Waals surface area contributed by atoms with E-state index in [0.717, 1.165) is 43.6 Å². The van der Waals surface area contributed by atoms with E-state index in [1.165, 1.54) is 0 Å². The zero-order chi connectivity index (χ0) is 15.6. The number of morpholine rings is 1. The molecule has 0 radical (unpaired) electrons. The quantitative estimate of drug-likeness (QED) is 0.932. The number of aryl methyl sites for hydroxylation is 1. The Bertz CT molecular complexity index is 518. The standard InChI is InChI=1S/C17H25NO4/c1-13-5-6-15(22-13)14-12-21-10-9-18(14)16(19)11-17(20)7-3-2-4-8-17/h5-6,14,20H,2-4,7-12H2,1H3. The number of rotatable bonds is 3.